The number of halogens is 1. The van der Waals surface area contributed by atoms with Gasteiger partial charge in [-0.3, -0.25) is 62.3 Å². The molecule has 43 nitrogen and oxygen atoms in total. The molecule has 0 aromatic heterocycles. The SMILES string of the molecule is C/C=C1\NC(=O)[C@H]([C@H](C)O)NC(=O)[C@H](CCNC(=O)OCOC(=O)C(C)(C)C)NC(=O)[C@H](CCCCNC(=O)OCOC(=O)C(C)(C)C)NC(=O)[C@H](CC(=O)NC2CC2)NC(=O)[C@@H](CCNC(=O)OCOC(=O)C(C)(C)C)NC(=O)[C@@H](NC(=O)C[C@H](O)CCCCCCCCCCC)COC(=O)[C@H]([C@H](O)CCl)NC(=O)[C@H]([C@H](O)C(=O)O)NC1=O. The van der Waals surface area contributed by atoms with E-state index in [1.165, 1.54) is 41.5 Å². The number of nitrogens with one attached hydrogen (secondary N) is 13. The third-order valence-corrected chi connectivity index (χ3v) is 17.9. The van der Waals surface area contributed by atoms with Crippen molar-refractivity contribution in [2.24, 2.45) is 16.2 Å². The van der Waals surface area contributed by atoms with E-state index in [1.54, 1.807) is 20.8 Å². The summed E-state index contributed by atoms with van der Waals surface area (Å²) in [5.74, 6) is -20.9. The largest absolute Gasteiger partial charge is 0.479 e. The second-order valence-corrected chi connectivity index (χ2v) is 31.7. The molecule has 674 valence electrons. The lowest BCUT2D eigenvalue weighted by molar-refractivity contribution is -0.162. The van der Waals surface area contributed by atoms with Crippen LogP contribution in [0.15, 0.2) is 11.8 Å². The molecule has 1 aliphatic carbocycles. The summed E-state index contributed by atoms with van der Waals surface area (Å²) in [5.41, 5.74) is -3.95. The van der Waals surface area contributed by atoms with E-state index in [0.29, 0.717) is 25.7 Å². The van der Waals surface area contributed by atoms with Crippen molar-refractivity contribution in [3.8, 4) is 0 Å². The van der Waals surface area contributed by atoms with Crippen LogP contribution in [0.25, 0.3) is 0 Å². The molecule has 0 aromatic rings. The van der Waals surface area contributed by atoms with Crippen molar-refractivity contribution < 1.29 is 145 Å². The Morgan fingerprint density at radius 3 is 1.39 bits per heavy atom. The number of alkyl halides is 1. The van der Waals surface area contributed by atoms with Crippen molar-refractivity contribution >= 4 is 119 Å². The highest BCUT2D eigenvalue weighted by molar-refractivity contribution is 6.18. The van der Waals surface area contributed by atoms with Crippen LogP contribution in [-0.4, -0.2) is 264 Å². The number of aliphatic hydroxyl groups is 4. The number of aliphatic hydroxyl groups excluding tert-OH is 4. The zero-order valence-electron chi connectivity index (χ0n) is 69.5. The van der Waals surface area contributed by atoms with Gasteiger partial charge in [0, 0.05) is 25.7 Å². The highest BCUT2D eigenvalue weighted by atomic mass is 35.5. The molecule has 2 fully saturated rings. The van der Waals surface area contributed by atoms with Gasteiger partial charge in [-0.1, -0.05) is 70.8 Å². The molecule has 0 radical (unpaired) electrons. The Bertz CT molecular complexity index is 3470. The Hall–Kier alpha value is -10.3. The smallest absolute Gasteiger partial charge is 0.410 e. The van der Waals surface area contributed by atoms with E-state index in [0.717, 1.165) is 64.9 Å². The predicted octanol–water partition coefficient (Wildman–Crippen LogP) is -1.02. The fourth-order valence-electron chi connectivity index (χ4n) is 10.4. The summed E-state index contributed by atoms with van der Waals surface area (Å²) in [5, 5.41) is 83.7. The van der Waals surface area contributed by atoms with Crippen LogP contribution in [0.1, 0.15) is 205 Å². The number of hydrogen-bond donors (Lipinski definition) is 18. The second-order valence-electron chi connectivity index (χ2n) is 31.4. The number of hydrogen-bond acceptors (Lipinski definition) is 29. The van der Waals surface area contributed by atoms with E-state index in [9.17, 15) is 97.5 Å². The number of aliphatic carboxylic acids is 1. The molecule has 12 atom stereocenters. The van der Waals surface area contributed by atoms with Gasteiger partial charge in [0.05, 0.1) is 53.3 Å². The van der Waals surface area contributed by atoms with Crippen LogP contribution in [0.2, 0.25) is 0 Å². The first-order chi connectivity index (χ1) is 55.7. The second kappa shape index (κ2) is 53.3. The Morgan fingerprint density at radius 1 is 0.504 bits per heavy atom. The molecule has 0 aromatic carbocycles. The predicted molar refractivity (Wildman–Crippen MR) is 416 cm³/mol. The van der Waals surface area contributed by atoms with Gasteiger partial charge in [0.15, 0.2) is 12.1 Å². The molecule has 18 N–H and O–H groups in total. The lowest BCUT2D eigenvalue weighted by atomic mass is 9.97. The molecule has 119 heavy (non-hydrogen) atoms. The first-order valence-electron chi connectivity index (χ1n) is 39.3. The van der Waals surface area contributed by atoms with Crippen molar-refractivity contribution in [3.05, 3.63) is 11.8 Å². The van der Waals surface area contributed by atoms with Crippen molar-refractivity contribution in [1.29, 1.82) is 0 Å². The van der Waals surface area contributed by atoms with Crippen LogP contribution < -0.4 is 69.1 Å². The van der Waals surface area contributed by atoms with Crippen LogP contribution in [0, 0.1) is 16.2 Å². The minimum absolute atomic E-state index is 0.0611. The van der Waals surface area contributed by atoms with Gasteiger partial charge < -0.3 is 128 Å². The molecule has 1 saturated heterocycles. The van der Waals surface area contributed by atoms with Gasteiger partial charge >= 0.3 is 48.1 Å². The minimum Gasteiger partial charge on any atom is -0.479 e. The maximum Gasteiger partial charge on any atom is 0.410 e. The molecule has 44 heteroatoms. The summed E-state index contributed by atoms with van der Waals surface area (Å²) < 4.78 is 35.2. The number of carboxylic acids is 1. The maximum absolute atomic E-state index is 15.1. The fraction of sp³-hybridized carbons (Fsp3) is 0.733. The lowest BCUT2D eigenvalue weighted by Crippen LogP contribution is -2.62. The average molecular weight is 1720 g/mol. The molecule has 2 rings (SSSR count). The summed E-state index contributed by atoms with van der Waals surface area (Å²) in [6.45, 7) is 12.4. The zero-order valence-corrected chi connectivity index (χ0v) is 70.3. The number of amides is 13. The van der Waals surface area contributed by atoms with E-state index >= 15 is 14.4 Å². The average Bonchev–Trinajstić information content (AvgIpc) is 1.62. The molecule has 2 aliphatic rings. The van der Waals surface area contributed by atoms with E-state index in [1.807, 2.05) is 10.6 Å². The summed E-state index contributed by atoms with van der Waals surface area (Å²) in [6, 6.07) is -18.0. The number of unbranched alkanes of at least 4 members (excludes halogenated alkanes) is 9. The molecule has 0 bridgehead atoms. The number of allylic oxidation sites excluding steroid dienone is 1. The van der Waals surface area contributed by atoms with E-state index in [-0.39, 0.29) is 25.8 Å². The lowest BCUT2D eigenvalue weighted by Gasteiger charge is -2.29. The third kappa shape index (κ3) is 42.3. The molecule has 1 aliphatic heterocycles. The van der Waals surface area contributed by atoms with Gasteiger partial charge in [-0.15, -0.1) is 11.6 Å². The summed E-state index contributed by atoms with van der Waals surface area (Å²) in [7, 11) is 0. The number of cyclic esters (lactones) is 1. The Labute approximate surface area is 694 Å². The third-order valence-electron chi connectivity index (χ3n) is 17.6. The molecular weight excluding hydrogens is 1600 g/mol. The first kappa shape index (κ1) is 105. The number of rotatable bonds is 38. The van der Waals surface area contributed by atoms with Crippen LogP contribution in [-0.2, 0) is 105 Å². The van der Waals surface area contributed by atoms with Crippen molar-refractivity contribution in [3.63, 3.8) is 0 Å². The number of carbonyl (C=O) groups excluding carboxylic acids is 17. The van der Waals surface area contributed by atoms with Crippen LogP contribution >= 0.6 is 11.6 Å². The van der Waals surface area contributed by atoms with E-state index in [2.05, 4.69) is 65.4 Å². The van der Waals surface area contributed by atoms with Crippen molar-refractivity contribution in [2.75, 3.05) is 52.5 Å². The number of carboxylic acid groups (broad SMARTS) is 1. The molecule has 0 unspecified atom stereocenters. The highest BCUT2D eigenvalue weighted by Gasteiger charge is 2.42. The summed E-state index contributed by atoms with van der Waals surface area (Å²) >= 11 is 5.98. The summed E-state index contributed by atoms with van der Waals surface area (Å²) in [6.07, 6.45) is -5.82. The molecule has 13 amide bonds. The zero-order chi connectivity index (χ0) is 89.9. The van der Waals surface area contributed by atoms with Gasteiger partial charge in [0.2, 0.25) is 73.5 Å². The van der Waals surface area contributed by atoms with Gasteiger partial charge in [-0.2, -0.15) is 0 Å². The van der Waals surface area contributed by atoms with Gasteiger partial charge in [-0.05, 0) is 128 Å². The standard InChI is InChI=1S/C75H122ClN13O30/c1-13-15-16-17-18-19-20-21-22-25-43(91)34-51(93)81-49-37-113-66(106)54(50(92)36-76)88-64(103)55(56(95)65(104)105)89-57(96)44(14-2)82-63(102)53(41(3)90)87-60(99)47(30-33-79-72(112)119-40-116-69(109)75(10,11)12)84-58(97)45(26-23-24-31-77-70(110)117-38-114-67(107)73(4,5)6)83-61(100)48(35-52(94)80-42-27-28-42)86-59(98)46(85-62(49)101)29-32-78-71(111)118-39-115-68(108)74(7,8)9/h14,41-43,45-50,53-56,90-92,95H,13,15-40H2,1-12H3,(H,77,110)(H,78,111)(H,79,112)(H,80,94)(H,81,93)(H,82,102)(H,83,100)(H,84,97)(H,85,101)(H,86,98)(H,87,99)(H,88,103)(H,89,96)(H,104,105)/b44-14-/t41-,43+,45-,46+,47-,48-,49-,50+,53-,54-,55-,56-/m0/s1. The monoisotopic (exact) mass is 1720 g/mol. The minimum atomic E-state index is -2.95. The Morgan fingerprint density at radius 2 is 0.941 bits per heavy atom. The van der Waals surface area contributed by atoms with Gasteiger partial charge in [0.25, 0.3) is 5.91 Å². The molecular formula is C75H122ClN13O30. The van der Waals surface area contributed by atoms with E-state index < -0.39 is 286 Å². The van der Waals surface area contributed by atoms with E-state index in [4.69, 9.17) is 44.8 Å². The van der Waals surface area contributed by atoms with Crippen LogP contribution in [0.5, 0.6) is 0 Å². The number of ether oxygens (including phenoxy) is 7. The Balaban J connectivity index is 3.09. The van der Waals surface area contributed by atoms with Crippen molar-refractivity contribution in [1.82, 2.24) is 69.1 Å². The molecule has 1 heterocycles. The Kier molecular flexibility index (Phi) is 46.9. The highest BCUT2D eigenvalue weighted by Crippen LogP contribution is 2.21. The van der Waals surface area contributed by atoms with Gasteiger partial charge in [-0.25, -0.2) is 24.0 Å². The van der Waals surface area contributed by atoms with Crippen molar-refractivity contribution in [2.45, 2.75) is 284 Å². The normalized spacial score (nSPS) is 21.3. The molecule has 1 saturated carbocycles. The van der Waals surface area contributed by atoms with Crippen LogP contribution in [0.3, 0.4) is 0 Å². The maximum atomic E-state index is 15.1. The number of esters is 4. The summed E-state index contributed by atoms with van der Waals surface area (Å²) in [4.78, 5) is 248. The van der Waals surface area contributed by atoms with Crippen LogP contribution in [0.4, 0.5) is 14.4 Å². The topological polar surface area (TPSA) is 629 Å². The quantitative estimate of drug-likeness (QED) is 0.00878. The molecule has 0 spiro atoms. The fourth-order valence-corrected chi connectivity index (χ4v) is 10.6. The number of carbonyl (C=O) groups is 18. The van der Waals surface area contributed by atoms with Gasteiger partial charge in [0.1, 0.15) is 54.6 Å². The first-order valence-corrected chi connectivity index (χ1v) is 39.9. The number of alkyl carbamates (subject to hydrolysis) is 3.